The van der Waals surface area contributed by atoms with Gasteiger partial charge in [0.1, 0.15) is 0 Å². The van der Waals surface area contributed by atoms with Crippen molar-refractivity contribution in [3.8, 4) is 0 Å². The highest BCUT2D eigenvalue weighted by Crippen LogP contribution is 1.99. The number of rotatable bonds is 10. The number of imidazole rings is 1. The van der Waals surface area contributed by atoms with Crippen molar-refractivity contribution in [1.82, 2.24) is 9.55 Å². The highest BCUT2D eigenvalue weighted by molar-refractivity contribution is 5.86. The van der Waals surface area contributed by atoms with Crippen molar-refractivity contribution >= 4 is 5.97 Å². The molecule has 0 aromatic carbocycles. The van der Waals surface area contributed by atoms with Crippen LogP contribution in [0, 0.1) is 0 Å². The van der Waals surface area contributed by atoms with Gasteiger partial charge in [-0.25, -0.2) is 9.78 Å². The van der Waals surface area contributed by atoms with Gasteiger partial charge in [-0.15, -0.1) is 0 Å². The lowest BCUT2D eigenvalue weighted by atomic mass is 10.4. The van der Waals surface area contributed by atoms with Crippen LogP contribution in [0.4, 0.5) is 0 Å². The van der Waals surface area contributed by atoms with Gasteiger partial charge >= 0.3 is 5.97 Å². The standard InChI is InChI=1S/C12H21N3O4/c1-17-7-8-18-5-2-6-19-12(16)11-9-15(4-3-13)10-14-11/h9-10H,2-8,13H2,1H3. The number of esters is 1. The molecule has 0 saturated carbocycles. The van der Waals surface area contributed by atoms with Crippen molar-refractivity contribution in [3.05, 3.63) is 18.2 Å². The summed E-state index contributed by atoms with van der Waals surface area (Å²) >= 11 is 0. The molecule has 7 nitrogen and oxygen atoms in total. The first-order valence-corrected chi connectivity index (χ1v) is 6.23. The number of methoxy groups -OCH3 is 1. The third-order valence-corrected chi connectivity index (χ3v) is 2.33. The molecular formula is C12H21N3O4. The van der Waals surface area contributed by atoms with Gasteiger partial charge in [0.2, 0.25) is 0 Å². The lowest BCUT2D eigenvalue weighted by Gasteiger charge is -2.04. The van der Waals surface area contributed by atoms with Crippen LogP contribution in [0.25, 0.3) is 0 Å². The van der Waals surface area contributed by atoms with Gasteiger partial charge < -0.3 is 24.5 Å². The van der Waals surface area contributed by atoms with Crippen molar-refractivity contribution in [3.63, 3.8) is 0 Å². The van der Waals surface area contributed by atoms with Crippen LogP contribution in [-0.2, 0) is 20.8 Å². The molecule has 0 aliphatic heterocycles. The Morgan fingerprint density at radius 2 is 2.21 bits per heavy atom. The van der Waals surface area contributed by atoms with Crippen LogP contribution in [-0.4, -0.2) is 55.6 Å². The van der Waals surface area contributed by atoms with E-state index in [9.17, 15) is 4.79 Å². The summed E-state index contributed by atoms with van der Waals surface area (Å²) in [5.41, 5.74) is 5.71. The average Bonchev–Trinajstić information content (AvgIpc) is 2.87. The van der Waals surface area contributed by atoms with E-state index in [1.165, 1.54) is 0 Å². The number of nitrogens with two attached hydrogens (primary N) is 1. The molecule has 1 rings (SSSR count). The Labute approximate surface area is 112 Å². The number of hydrogen-bond acceptors (Lipinski definition) is 6. The molecule has 1 heterocycles. The second kappa shape index (κ2) is 9.48. The van der Waals surface area contributed by atoms with E-state index in [1.54, 1.807) is 24.2 Å². The predicted octanol–water partition coefficient (Wildman–Crippen LogP) is 0.0517. The predicted molar refractivity (Wildman–Crippen MR) is 68.9 cm³/mol. The number of carbonyl (C=O) groups is 1. The van der Waals surface area contributed by atoms with Crippen molar-refractivity contribution in [1.29, 1.82) is 0 Å². The zero-order valence-corrected chi connectivity index (χ0v) is 11.2. The zero-order valence-electron chi connectivity index (χ0n) is 11.2. The quantitative estimate of drug-likeness (QED) is 0.478. The van der Waals surface area contributed by atoms with Gasteiger partial charge in [0.25, 0.3) is 0 Å². The first-order valence-electron chi connectivity index (χ1n) is 6.23. The molecule has 1 aromatic heterocycles. The van der Waals surface area contributed by atoms with Crippen LogP contribution in [0.15, 0.2) is 12.5 Å². The summed E-state index contributed by atoms with van der Waals surface area (Å²) in [6, 6.07) is 0. The molecule has 108 valence electrons. The van der Waals surface area contributed by atoms with E-state index in [2.05, 4.69) is 4.98 Å². The Balaban J connectivity index is 2.13. The van der Waals surface area contributed by atoms with Crippen molar-refractivity contribution in [2.45, 2.75) is 13.0 Å². The van der Waals surface area contributed by atoms with E-state index >= 15 is 0 Å². The van der Waals surface area contributed by atoms with Crippen molar-refractivity contribution in [2.24, 2.45) is 5.73 Å². The molecule has 7 heteroatoms. The van der Waals surface area contributed by atoms with Crippen LogP contribution in [0.1, 0.15) is 16.9 Å². The zero-order chi connectivity index (χ0) is 13.9. The molecule has 0 saturated heterocycles. The first-order chi connectivity index (χ1) is 9.27. The molecule has 0 radical (unpaired) electrons. The largest absolute Gasteiger partial charge is 0.461 e. The normalized spacial score (nSPS) is 10.6. The number of carbonyl (C=O) groups excluding carboxylic acids is 1. The molecule has 0 unspecified atom stereocenters. The first kappa shape index (κ1) is 15.6. The van der Waals surface area contributed by atoms with E-state index in [0.717, 1.165) is 0 Å². The Morgan fingerprint density at radius 3 is 2.95 bits per heavy atom. The summed E-state index contributed by atoms with van der Waals surface area (Å²) < 4.78 is 16.9. The van der Waals surface area contributed by atoms with Crippen molar-refractivity contribution < 1.29 is 19.0 Å². The number of nitrogens with zero attached hydrogens (tertiary/aromatic N) is 2. The van der Waals surface area contributed by atoms with Crippen LogP contribution in [0.5, 0.6) is 0 Å². The Hall–Kier alpha value is -1.44. The Morgan fingerprint density at radius 1 is 1.37 bits per heavy atom. The summed E-state index contributed by atoms with van der Waals surface area (Å²) in [5.74, 6) is -0.423. The van der Waals surface area contributed by atoms with Crippen LogP contribution in [0.2, 0.25) is 0 Å². The molecule has 0 bridgehead atoms. The van der Waals surface area contributed by atoms with E-state index in [-0.39, 0.29) is 0 Å². The summed E-state index contributed by atoms with van der Waals surface area (Å²) in [5, 5.41) is 0. The topological polar surface area (TPSA) is 88.6 Å². The Bertz CT molecular complexity index is 368. The molecule has 0 aliphatic carbocycles. The minimum atomic E-state index is -0.423. The van der Waals surface area contributed by atoms with Gasteiger partial charge in [0.15, 0.2) is 5.69 Å². The molecule has 0 aliphatic rings. The minimum absolute atomic E-state index is 0.300. The second-order valence-electron chi connectivity index (χ2n) is 3.88. The van der Waals surface area contributed by atoms with Gasteiger partial charge in [-0.3, -0.25) is 0 Å². The second-order valence-corrected chi connectivity index (χ2v) is 3.88. The SMILES string of the molecule is COCCOCCCOC(=O)c1cn(CCN)cn1. The van der Waals surface area contributed by atoms with Crippen LogP contribution in [0.3, 0.4) is 0 Å². The number of ether oxygens (including phenoxy) is 3. The van der Waals surface area contributed by atoms with Gasteiger partial charge in [-0.1, -0.05) is 0 Å². The molecule has 1 aromatic rings. The molecule has 0 fully saturated rings. The molecule has 19 heavy (non-hydrogen) atoms. The van der Waals surface area contributed by atoms with Crippen LogP contribution < -0.4 is 5.73 Å². The maximum absolute atomic E-state index is 11.6. The lowest BCUT2D eigenvalue weighted by Crippen LogP contribution is -2.10. The summed E-state index contributed by atoms with van der Waals surface area (Å²) in [4.78, 5) is 15.6. The Kier molecular flexibility index (Phi) is 7.80. The third-order valence-electron chi connectivity index (χ3n) is 2.33. The maximum Gasteiger partial charge on any atom is 0.358 e. The molecule has 0 spiro atoms. The van der Waals surface area contributed by atoms with E-state index in [1.807, 2.05) is 0 Å². The van der Waals surface area contributed by atoms with Gasteiger partial charge in [0.05, 0.1) is 26.1 Å². The maximum atomic E-state index is 11.6. The summed E-state index contributed by atoms with van der Waals surface area (Å²) in [6.45, 7) is 3.11. The number of hydrogen-bond donors (Lipinski definition) is 1. The fraction of sp³-hybridized carbons (Fsp3) is 0.667. The smallest absolute Gasteiger partial charge is 0.358 e. The number of aromatic nitrogens is 2. The molecule has 0 amide bonds. The minimum Gasteiger partial charge on any atom is -0.461 e. The van der Waals surface area contributed by atoms with Crippen molar-refractivity contribution in [2.75, 3.05) is 40.1 Å². The summed E-state index contributed by atoms with van der Waals surface area (Å²) in [6.07, 6.45) is 3.85. The lowest BCUT2D eigenvalue weighted by molar-refractivity contribution is 0.0381. The van der Waals surface area contributed by atoms with E-state index in [0.29, 0.717) is 51.6 Å². The molecular weight excluding hydrogens is 250 g/mol. The highest BCUT2D eigenvalue weighted by atomic mass is 16.5. The van der Waals surface area contributed by atoms with Gasteiger partial charge in [-0.2, -0.15) is 0 Å². The average molecular weight is 271 g/mol. The van der Waals surface area contributed by atoms with Crippen LogP contribution >= 0.6 is 0 Å². The monoisotopic (exact) mass is 271 g/mol. The molecule has 0 atom stereocenters. The fourth-order valence-electron chi connectivity index (χ4n) is 1.38. The van der Waals surface area contributed by atoms with E-state index < -0.39 is 5.97 Å². The highest BCUT2D eigenvalue weighted by Gasteiger charge is 2.10. The van der Waals surface area contributed by atoms with Gasteiger partial charge in [-0.05, 0) is 0 Å². The van der Waals surface area contributed by atoms with Gasteiger partial charge in [0, 0.05) is 39.4 Å². The summed E-state index contributed by atoms with van der Waals surface area (Å²) in [7, 11) is 1.62. The molecule has 2 N–H and O–H groups in total. The third kappa shape index (κ3) is 6.32. The fourth-order valence-corrected chi connectivity index (χ4v) is 1.38. The van der Waals surface area contributed by atoms with E-state index in [4.69, 9.17) is 19.9 Å².